The van der Waals surface area contributed by atoms with Crippen molar-refractivity contribution in [3.63, 3.8) is 0 Å². The van der Waals surface area contributed by atoms with E-state index in [2.05, 4.69) is 10.1 Å². The Morgan fingerprint density at radius 2 is 1.72 bits per heavy atom. The number of benzene rings is 2. The van der Waals surface area contributed by atoms with E-state index in [0.29, 0.717) is 16.1 Å². The Morgan fingerprint density at radius 1 is 1.08 bits per heavy atom. The monoisotopic (exact) mass is 361 g/mol. The molecule has 1 N–H and O–H groups in total. The van der Waals surface area contributed by atoms with Crippen LogP contribution in [0.4, 0.5) is 10.1 Å². The Hall–Kier alpha value is -2.67. The van der Waals surface area contributed by atoms with Crippen LogP contribution in [0.2, 0.25) is 0 Å². The third-order valence-corrected chi connectivity index (χ3v) is 4.34. The van der Waals surface area contributed by atoms with Gasteiger partial charge in [-0.3, -0.25) is 9.59 Å². The fourth-order valence-electron chi connectivity index (χ4n) is 1.98. The largest absolute Gasteiger partial charge is 0.465 e. The Balaban J connectivity index is 1.92. The lowest BCUT2D eigenvalue weighted by Crippen LogP contribution is -2.14. The van der Waals surface area contributed by atoms with Crippen molar-refractivity contribution in [2.75, 3.05) is 18.2 Å². The van der Waals surface area contributed by atoms with Gasteiger partial charge in [0.15, 0.2) is 5.78 Å². The van der Waals surface area contributed by atoms with Crippen molar-refractivity contribution in [3.05, 3.63) is 59.4 Å². The summed E-state index contributed by atoms with van der Waals surface area (Å²) in [6.45, 7) is 1.36. The second kappa shape index (κ2) is 8.43. The number of anilines is 1. The van der Waals surface area contributed by atoms with Gasteiger partial charge in [0.1, 0.15) is 5.82 Å². The van der Waals surface area contributed by atoms with Crippen LogP contribution in [0.1, 0.15) is 27.6 Å². The van der Waals surface area contributed by atoms with E-state index >= 15 is 0 Å². The quantitative estimate of drug-likeness (QED) is 0.484. The van der Waals surface area contributed by atoms with E-state index in [1.807, 2.05) is 0 Å². The normalized spacial score (nSPS) is 10.2. The molecule has 0 atom stereocenters. The Bertz CT molecular complexity index is 805. The standard InChI is InChI=1S/C18H16FNO4S/c1-11(21)13-5-8-16(15(19)9-13)25-10-17(22)20-14-6-3-12(4-7-14)18(23)24-2/h3-9H,10H2,1-2H3,(H,20,22). The van der Waals surface area contributed by atoms with Crippen molar-refractivity contribution in [2.45, 2.75) is 11.8 Å². The number of halogens is 1. The third kappa shape index (κ3) is 5.15. The summed E-state index contributed by atoms with van der Waals surface area (Å²) in [5.74, 6) is -1.52. The summed E-state index contributed by atoms with van der Waals surface area (Å²) < 4.78 is 18.5. The zero-order valence-electron chi connectivity index (χ0n) is 13.7. The number of rotatable bonds is 6. The first-order valence-electron chi connectivity index (χ1n) is 7.32. The minimum absolute atomic E-state index is 0.00902. The average Bonchev–Trinajstić information content (AvgIpc) is 2.60. The van der Waals surface area contributed by atoms with Crippen molar-refractivity contribution in [3.8, 4) is 0 Å². The molecule has 0 bridgehead atoms. The van der Waals surface area contributed by atoms with Gasteiger partial charge in [-0.05, 0) is 43.3 Å². The van der Waals surface area contributed by atoms with Crippen LogP contribution >= 0.6 is 11.8 Å². The topological polar surface area (TPSA) is 72.5 Å². The molecule has 0 fully saturated rings. The van der Waals surface area contributed by atoms with E-state index in [-0.39, 0.29) is 23.0 Å². The van der Waals surface area contributed by atoms with Gasteiger partial charge >= 0.3 is 5.97 Å². The van der Waals surface area contributed by atoms with Gasteiger partial charge in [0.2, 0.25) is 5.91 Å². The fraction of sp³-hybridized carbons (Fsp3) is 0.167. The van der Waals surface area contributed by atoms with Gasteiger partial charge in [-0.15, -0.1) is 11.8 Å². The predicted octanol–water partition coefficient (Wildman–Crippen LogP) is 3.55. The van der Waals surface area contributed by atoms with Crippen molar-refractivity contribution in [1.82, 2.24) is 0 Å². The molecule has 0 radical (unpaired) electrons. The van der Waals surface area contributed by atoms with Gasteiger partial charge in [0.25, 0.3) is 0 Å². The van der Waals surface area contributed by atoms with Crippen molar-refractivity contribution in [1.29, 1.82) is 0 Å². The van der Waals surface area contributed by atoms with Crippen LogP contribution in [0.25, 0.3) is 0 Å². The Labute approximate surface area is 148 Å². The molecule has 2 aromatic carbocycles. The van der Waals surface area contributed by atoms with Crippen molar-refractivity contribution >= 4 is 35.1 Å². The van der Waals surface area contributed by atoms with E-state index in [4.69, 9.17) is 0 Å². The maximum Gasteiger partial charge on any atom is 0.337 e. The summed E-state index contributed by atoms with van der Waals surface area (Å²) in [4.78, 5) is 34.8. The number of nitrogens with one attached hydrogen (secondary N) is 1. The van der Waals surface area contributed by atoms with E-state index in [9.17, 15) is 18.8 Å². The number of carbonyl (C=O) groups excluding carboxylic acids is 3. The second-order valence-electron chi connectivity index (χ2n) is 5.11. The SMILES string of the molecule is COC(=O)c1ccc(NC(=O)CSc2ccc(C(C)=O)cc2F)cc1. The highest BCUT2D eigenvalue weighted by Crippen LogP contribution is 2.23. The molecule has 0 saturated carbocycles. The van der Waals surface area contributed by atoms with E-state index in [1.165, 1.54) is 38.3 Å². The zero-order chi connectivity index (χ0) is 18.4. The molecule has 0 saturated heterocycles. The highest BCUT2D eigenvalue weighted by molar-refractivity contribution is 8.00. The molecule has 0 spiro atoms. The van der Waals surface area contributed by atoms with Crippen LogP contribution in [0.5, 0.6) is 0 Å². The van der Waals surface area contributed by atoms with Gasteiger partial charge in [-0.2, -0.15) is 0 Å². The molecule has 0 unspecified atom stereocenters. The molecule has 0 aliphatic carbocycles. The summed E-state index contributed by atoms with van der Waals surface area (Å²) in [5, 5.41) is 2.66. The fourth-order valence-corrected chi connectivity index (χ4v) is 2.70. The molecule has 0 heterocycles. The highest BCUT2D eigenvalue weighted by atomic mass is 32.2. The highest BCUT2D eigenvalue weighted by Gasteiger charge is 2.10. The molecule has 2 aromatic rings. The molecular formula is C18H16FNO4S. The molecule has 130 valence electrons. The number of esters is 1. The van der Waals surface area contributed by atoms with Crippen molar-refractivity contribution in [2.24, 2.45) is 0 Å². The summed E-state index contributed by atoms with van der Waals surface area (Å²) in [6.07, 6.45) is 0. The molecule has 0 aliphatic heterocycles. The molecule has 0 aliphatic rings. The lowest BCUT2D eigenvalue weighted by Gasteiger charge is -2.07. The number of amides is 1. The van der Waals surface area contributed by atoms with Gasteiger partial charge in [0.05, 0.1) is 18.4 Å². The van der Waals surface area contributed by atoms with Crippen LogP contribution in [-0.2, 0) is 9.53 Å². The van der Waals surface area contributed by atoms with Crippen molar-refractivity contribution < 1.29 is 23.5 Å². The van der Waals surface area contributed by atoms with Crippen LogP contribution in [0, 0.1) is 5.82 Å². The lowest BCUT2D eigenvalue weighted by molar-refractivity contribution is -0.113. The van der Waals surface area contributed by atoms with Crippen LogP contribution < -0.4 is 5.32 Å². The number of ketones is 1. The zero-order valence-corrected chi connectivity index (χ0v) is 14.5. The first kappa shape index (κ1) is 18.7. The lowest BCUT2D eigenvalue weighted by atomic mass is 10.1. The number of thioether (sulfide) groups is 1. The first-order chi connectivity index (χ1) is 11.9. The molecule has 5 nitrogen and oxygen atoms in total. The van der Waals surface area contributed by atoms with Gasteiger partial charge in [-0.1, -0.05) is 6.07 Å². The number of carbonyl (C=O) groups is 3. The number of Topliss-reactive ketones (excluding diaryl/α,β-unsaturated/α-hetero) is 1. The Morgan fingerprint density at radius 3 is 2.28 bits per heavy atom. The predicted molar refractivity (Wildman–Crippen MR) is 93.5 cm³/mol. The summed E-state index contributed by atoms with van der Waals surface area (Å²) in [5.41, 5.74) is 1.19. The van der Waals surface area contributed by atoms with Crippen LogP contribution in [0.3, 0.4) is 0 Å². The smallest absolute Gasteiger partial charge is 0.337 e. The second-order valence-corrected chi connectivity index (χ2v) is 6.12. The maximum absolute atomic E-state index is 13.9. The summed E-state index contributed by atoms with van der Waals surface area (Å²) in [6, 6.07) is 10.4. The Kier molecular flexibility index (Phi) is 6.30. The minimum Gasteiger partial charge on any atom is -0.465 e. The molecule has 0 aromatic heterocycles. The van der Waals surface area contributed by atoms with Crippen LogP contribution in [-0.4, -0.2) is 30.5 Å². The summed E-state index contributed by atoms with van der Waals surface area (Å²) >= 11 is 1.03. The van der Waals surface area contributed by atoms with E-state index < -0.39 is 11.8 Å². The van der Waals surface area contributed by atoms with Gasteiger partial charge in [0, 0.05) is 16.1 Å². The molecule has 25 heavy (non-hydrogen) atoms. The molecule has 7 heteroatoms. The van der Waals surface area contributed by atoms with Gasteiger partial charge < -0.3 is 10.1 Å². The molecule has 1 amide bonds. The molecule has 2 rings (SSSR count). The number of methoxy groups -OCH3 is 1. The maximum atomic E-state index is 13.9. The van der Waals surface area contributed by atoms with Gasteiger partial charge in [-0.25, -0.2) is 9.18 Å². The summed E-state index contributed by atoms with van der Waals surface area (Å²) in [7, 11) is 1.29. The average molecular weight is 361 g/mol. The van der Waals surface area contributed by atoms with E-state index in [0.717, 1.165) is 17.8 Å². The minimum atomic E-state index is -0.534. The van der Waals surface area contributed by atoms with E-state index in [1.54, 1.807) is 12.1 Å². The number of hydrogen-bond donors (Lipinski definition) is 1. The molecular weight excluding hydrogens is 345 g/mol. The first-order valence-corrected chi connectivity index (χ1v) is 8.31. The number of hydrogen-bond acceptors (Lipinski definition) is 5. The number of ether oxygens (including phenoxy) is 1. The van der Waals surface area contributed by atoms with Crippen LogP contribution in [0.15, 0.2) is 47.4 Å². The third-order valence-electron chi connectivity index (χ3n) is 3.29.